The van der Waals surface area contributed by atoms with E-state index >= 15 is 0 Å². The maximum Gasteiger partial charge on any atom is 0.317 e. The summed E-state index contributed by atoms with van der Waals surface area (Å²) < 4.78 is 5.31. The van der Waals surface area contributed by atoms with E-state index in [4.69, 9.17) is 4.52 Å². The number of anilines is 1. The number of para-hydroxylation sites is 1. The van der Waals surface area contributed by atoms with Crippen LogP contribution in [0.25, 0.3) is 0 Å². The molecule has 7 heteroatoms. The van der Waals surface area contributed by atoms with Crippen LogP contribution in [-0.2, 0) is 23.2 Å². The number of carbonyl (C=O) groups is 2. The van der Waals surface area contributed by atoms with E-state index < -0.39 is 5.41 Å². The molecule has 1 aromatic carbocycles. The molecular formula is C21H26N4O3. The van der Waals surface area contributed by atoms with Crippen molar-refractivity contribution in [2.75, 3.05) is 18.4 Å². The molecule has 0 saturated carbocycles. The zero-order valence-electron chi connectivity index (χ0n) is 16.3. The lowest BCUT2D eigenvalue weighted by molar-refractivity contribution is -0.122. The zero-order chi connectivity index (χ0) is 19.7. The third kappa shape index (κ3) is 3.37. The van der Waals surface area contributed by atoms with Gasteiger partial charge in [-0.05, 0) is 36.8 Å². The average Bonchev–Trinajstić information content (AvgIpc) is 3.22. The minimum absolute atomic E-state index is 0.0141. The van der Waals surface area contributed by atoms with E-state index in [1.54, 1.807) is 4.90 Å². The Morgan fingerprint density at radius 1 is 1.39 bits per heavy atom. The van der Waals surface area contributed by atoms with Crippen LogP contribution in [0.2, 0.25) is 0 Å². The van der Waals surface area contributed by atoms with Gasteiger partial charge in [-0.3, -0.25) is 4.79 Å². The van der Waals surface area contributed by atoms with Gasteiger partial charge in [-0.2, -0.15) is 0 Å². The van der Waals surface area contributed by atoms with Gasteiger partial charge in [0.2, 0.25) is 5.91 Å². The molecule has 4 rings (SSSR count). The van der Waals surface area contributed by atoms with E-state index in [9.17, 15) is 9.59 Å². The Morgan fingerprint density at radius 2 is 2.21 bits per heavy atom. The maximum atomic E-state index is 12.8. The predicted octanol–water partition coefficient (Wildman–Crippen LogP) is 3.07. The summed E-state index contributed by atoms with van der Waals surface area (Å²) in [7, 11) is 0. The van der Waals surface area contributed by atoms with E-state index in [0.29, 0.717) is 24.8 Å². The molecule has 2 aromatic rings. The Bertz CT molecular complexity index is 891. The third-order valence-electron chi connectivity index (χ3n) is 5.54. The molecule has 1 aromatic heterocycles. The quantitative estimate of drug-likeness (QED) is 0.851. The molecule has 3 amide bonds. The van der Waals surface area contributed by atoms with Crippen molar-refractivity contribution < 1.29 is 14.1 Å². The highest BCUT2D eigenvalue weighted by Crippen LogP contribution is 2.43. The smallest absolute Gasteiger partial charge is 0.317 e. The second-order valence-electron chi connectivity index (χ2n) is 8.15. The lowest BCUT2D eigenvalue weighted by Crippen LogP contribution is -2.54. The first-order valence-corrected chi connectivity index (χ1v) is 9.86. The summed E-state index contributed by atoms with van der Waals surface area (Å²) in [4.78, 5) is 27.2. The van der Waals surface area contributed by atoms with Crippen LogP contribution in [-0.4, -0.2) is 35.1 Å². The van der Waals surface area contributed by atoms with Crippen LogP contribution in [0, 0.1) is 5.92 Å². The van der Waals surface area contributed by atoms with Crippen LogP contribution in [0.15, 0.2) is 34.9 Å². The molecule has 7 nitrogen and oxygen atoms in total. The van der Waals surface area contributed by atoms with Gasteiger partial charge in [-0.1, -0.05) is 37.2 Å². The molecule has 1 saturated heterocycles. The Balaban J connectivity index is 1.42. The number of likely N-dealkylation sites (tertiary alicyclic amines) is 1. The van der Waals surface area contributed by atoms with Gasteiger partial charge >= 0.3 is 6.03 Å². The lowest BCUT2D eigenvalue weighted by Gasteiger charge is -2.38. The highest BCUT2D eigenvalue weighted by Gasteiger charge is 2.49. The van der Waals surface area contributed by atoms with Crippen LogP contribution in [0.3, 0.4) is 0 Å². The van der Waals surface area contributed by atoms with Gasteiger partial charge in [0, 0.05) is 24.8 Å². The van der Waals surface area contributed by atoms with Crippen molar-refractivity contribution in [2.45, 2.75) is 45.1 Å². The SMILES string of the molecule is CC(C)Cc1cc(CNC(=O)N2CCC[C@]3(C2)C(=O)Nc2ccccc23)on1. The van der Waals surface area contributed by atoms with Crippen molar-refractivity contribution in [1.82, 2.24) is 15.4 Å². The molecule has 1 spiro atoms. The number of nitrogens with zero attached hydrogens (tertiary/aromatic N) is 2. The topological polar surface area (TPSA) is 87.5 Å². The Morgan fingerprint density at radius 3 is 3.04 bits per heavy atom. The molecule has 1 atom stereocenters. The van der Waals surface area contributed by atoms with Gasteiger partial charge in [0.15, 0.2) is 5.76 Å². The summed E-state index contributed by atoms with van der Waals surface area (Å²) in [6.07, 6.45) is 2.39. The number of aromatic nitrogens is 1. The standard InChI is InChI=1S/C21H26N4O3/c1-14(2)10-15-11-16(28-24-15)12-22-20(27)25-9-5-8-21(13-25)17-6-3-4-7-18(17)23-19(21)26/h3-4,6-7,11,14H,5,8-10,12-13H2,1-2H3,(H,22,27)(H,23,26)/t21-/m1/s1. The molecular weight excluding hydrogens is 356 g/mol. The zero-order valence-corrected chi connectivity index (χ0v) is 16.3. The molecule has 0 bridgehead atoms. The Kier molecular flexibility index (Phi) is 4.83. The second kappa shape index (κ2) is 7.30. The van der Waals surface area contributed by atoms with Gasteiger partial charge in [-0.25, -0.2) is 4.79 Å². The normalized spacial score (nSPS) is 21.1. The van der Waals surface area contributed by atoms with E-state index in [1.165, 1.54) is 0 Å². The number of carbonyl (C=O) groups excluding carboxylic acids is 2. The van der Waals surface area contributed by atoms with E-state index in [-0.39, 0.29) is 18.5 Å². The largest absolute Gasteiger partial charge is 0.359 e. The fourth-order valence-corrected chi connectivity index (χ4v) is 4.24. The van der Waals surface area contributed by atoms with Gasteiger partial charge in [-0.15, -0.1) is 0 Å². The number of benzene rings is 1. The highest BCUT2D eigenvalue weighted by atomic mass is 16.5. The van der Waals surface area contributed by atoms with Crippen LogP contribution in [0.4, 0.5) is 10.5 Å². The molecule has 1 fully saturated rings. The lowest BCUT2D eigenvalue weighted by atomic mass is 9.75. The van der Waals surface area contributed by atoms with Crippen LogP contribution < -0.4 is 10.6 Å². The summed E-state index contributed by atoms with van der Waals surface area (Å²) in [6.45, 7) is 5.56. The van der Waals surface area contributed by atoms with Gasteiger partial charge in [0.05, 0.1) is 17.7 Å². The average molecular weight is 382 g/mol. The molecule has 2 N–H and O–H groups in total. The molecule has 3 heterocycles. The second-order valence-corrected chi connectivity index (χ2v) is 8.15. The number of nitrogens with one attached hydrogen (secondary N) is 2. The van der Waals surface area contributed by atoms with E-state index in [0.717, 1.165) is 36.2 Å². The van der Waals surface area contributed by atoms with Crippen molar-refractivity contribution in [3.05, 3.63) is 47.3 Å². The maximum absolute atomic E-state index is 12.8. The summed E-state index contributed by atoms with van der Waals surface area (Å²) in [5, 5.41) is 9.92. The number of fused-ring (bicyclic) bond motifs is 2. The number of urea groups is 1. The van der Waals surface area contributed by atoms with Gasteiger partial charge in [0.1, 0.15) is 0 Å². The first-order valence-electron chi connectivity index (χ1n) is 9.86. The van der Waals surface area contributed by atoms with Gasteiger partial charge in [0.25, 0.3) is 0 Å². The third-order valence-corrected chi connectivity index (χ3v) is 5.54. The summed E-state index contributed by atoms with van der Waals surface area (Å²) in [5.41, 5.74) is 2.10. The highest BCUT2D eigenvalue weighted by molar-refractivity contribution is 6.06. The van der Waals surface area contributed by atoms with Crippen LogP contribution >= 0.6 is 0 Å². The van der Waals surface area contributed by atoms with Gasteiger partial charge < -0.3 is 20.1 Å². The molecule has 2 aliphatic heterocycles. The van der Waals surface area contributed by atoms with Crippen molar-refractivity contribution in [1.29, 1.82) is 0 Å². The molecule has 0 aliphatic carbocycles. The summed E-state index contributed by atoms with van der Waals surface area (Å²) >= 11 is 0. The molecule has 0 unspecified atom stereocenters. The molecule has 28 heavy (non-hydrogen) atoms. The monoisotopic (exact) mass is 382 g/mol. The Hall–Kier alpha value is -2.83. The minimum atomic E-state index is -0.650. The van der Waals surface area contributed by atoms with Crippen LogP contribution in [0.1, 0.15) is 43.7 Å². The van der Waals surface area contributed by atoms with Crippen LogP contribution in [0.5, 0.6) is 0 Å². The fraction of sp³-hybridized carbons (Fsp3) is 0.476. The number of hydrogen-bond acceptors (Lipinski definition) is 4. The number of rotatable bonds is 4. The predicted molar refractivity (Wildman–Crippen MR) is 105 cm³/mol. The van der Waals surface area contributed by atoms with Crippen molar-refractivity contribution in [2.24, 2.45) is 5.92 Å². The minimum Gasteiger partial charge on any atom is -0.359 e. The fourth-order valence-electron chi connectivity index (χ4n) is 4.24. The number of amides is 3. The summed E-state index contributed by atoms with van der Waals surface area (Å²) in [6, 6.07) is 9.46. The molecule has 148 valence electrons. The number of piperidine rings is 1. The Labute approximate surface area is 164 Å². The van der Waals surface area contributed by atoms with E-state index in [2.05, 4.69) is 29.6 Å². The first-order chi connectivity index (χ1) is 13.5. The first kappa shape index (κ1) is 18.5. The number of hydrogen-bond donors (Lipinski definition) is 2. The molecule has 2 aliphatic rings. The van der Waals surface area contributed by atoms with Crippen molar-refractivity contribution >= 4 is 17.6 Å². The molecule has 0 radical (unpaired) electrons. The van der Waals surface area contributed by atoms with Crippen molar-refractivity contribution in [3.63, 3.8) is 0 Å². The van der Waals surface area contributed by atoms with Crippen molar-refractivity contribution in [3.8, 4) is 0 Å². The van der Waals surface area contributed by atoms with E-state index in [1.807, 2.05) is 30.3 Å². The summed E-state index contributed by atoms with van der Waals surface area (Å²) in [5.74, 6) is 1.12.